The molecule has 0 saturated carbocycles. The Morgan fingerprint density at radius 3 is 1.22 bits per heavy atom. The zero-order chi connectivity index (χ0) is 34.9. The van der Waals surface area contributed by atoms with Crippen LogP contribution in [0, 0.1) is 0 Å². The van der Waals surface area contributed by atoms with Gasteiger partial charge in [-0.2, -0.15) is 0 Å². The first-order valence-electron chi connectivity index (χ1n) is 18.6. The van der Waals surface area contributed by atoms with Gasteiger partial charge in [0.25, 0.3) is 0 Å². The number of hydrogen-bond acceptors (Lipinski definition) is 3. The van der Waals surface area contributed by atoms with Gasteiger partial charge >= 0.3 is 7.32 Å². The zero-order valence-corrected chi connectivity index (χ0v) is 30.2. The third-order valence-electron chi connectivity index (χ3n) is 9.52. The van der Waals surface area contributed by atoms with E-state index in [4.69, 9.17) is 4.65 Å². The second kappa shape index (κ2) is 19.9. The summed E-state index contributed by atoms with van der Waals surface area (Å²) in [5.74, 6) is 0.382. The van der Waals surface area contributed by atoms with Crippen LogP contribution in [-0.2, 0) is 0 Å². The average Bonchev–Trinajstić information content (AvgIpc) is 3.15. The highest BCUT2D eigenvalue weighted by Crippen LogP contribution is 2.50. The molecule has 0 aromatic heterocycles. The topological polar surface area (TPSA) is 52.5 Å². The summed E-state index contributed by atoms with van der Waals surface area (Å²) < 4.78 is 6.99. The summed E-state index contributed by atoms with van der Waals surface area (Å²) in [6.45, 7) is 15.0. The highest BCUT2D eigenvalue weighted by Gasteiger charge is 2.25. The molecule has 1 N–H and O–H groups in total. The third-order valence-corrected chi connectivity index (χ3v) is 9.52. The van der Waals surface area contributed by atoms with Crippen LogP contribution in [0.4, 0.5) is 0 Å². The Bertz CT molecular complexity index is 1620. The van der Waals surface area contributed by atoms with E-state index in [0.29, 0.717) is 5.75 Å². The molecule has 5 aromatic rings. The second-order valence-electron chi connectivity index (χ2n) is 13.2. The van der Waals surface area contributed by atoms with Gasteiger partial charge in [-0.25, -0.2) is 0 Å². The van der Waals surface area contributed by atoms with Crippen molar-refractivity contribution in [1.29, 1.82) is 0 Å². The van der Waals surface area contributed by atoms with Gasteiger partial charge in [-0.15, -0.1) is 0 Å². The number of hydrogen-bond donors (Lipinski definition) is 1. The lowest BCUT2D eigenvalue weighted by Gasteiger charge is -2.39. The number of rotatable bonds is 17. The Balaban J connectivity index is 0.000000272. The van der Waals surface area contributed by atoms with Crippen LogP contribution in [0.1, 0.15) is 79.1 Å². The molecule has 0 spiro atoms. The van der Waals surface area contributed by atoms with Crippen LogP contribution < -0.4 is 9.68 Å². The first kappa shape index (κ1) is 37.9. The highest BCUT2D eigenvalue weighted by atomic mass is 16.6. The smallest absolute Gasteiger partial charge is 0.415 e. The second-order valence-corrected chi connectivity index (χ2v) is 13.2. The maximum absolute atomic E-state index is 11.9. The zero-order valence-electron chi connectivity index (χ0n) is 30.2. The van der Waals surface area contributed by atoms with Crippen molar-refractivity contribution in [3.63, 3.8) is 0 Å². The van der Waals surface area contributed by atoms with Crippen molar-refractivity contribution in [1.82, 2.24) is 0 Å². The molecule has 4 nitrogen and oxygen atoms in total. The van der Waals surface area contributed by atoms with Crippen LogP contribution in [0.5, 0.6) is 5.75 Å². The van der Waals surface area contributed by atoms with E-state index in [0.717, 1.165) is 44.2 Å². The largest absolute Gasteiger partial charge is 0.820 e. The molecule has 0 bridgehead atoms. The lowest BCUT2D eigenvalue weighted by molar-refractivity contribution is -0.929. The normalized spacial score (nSPS) is 11.2. The fraction of sp³-hybridized carbons (Fsp3) is 0.364. The summed E-state index contributed by atoms with van der Waals surface area (Å²) in [6.07, 6.45) is 11.1. The molecular formula is C44H56BNO3. The Labute approximate surface area is 296 Å². The molecule has 5 rings (SSSR count). The van der Waals surface area contributed by atoms with Gasteiger partial charge in [-0.1, -0.05) is 169 Å². The summed E-state index contributed by atoms with van der Waals surface area (Å²) in [4.78, 5) is 0. The molecule has 5 heteroatoms. The molecule has 0 saturated heterocycles. The number of quaternary nitrogens is 1. The molecule has 49 heavy (non-hydrogen) atoms. The molecule has 0 aliphatic carbocycles. The van der Waals surface area contributed by atoms with Crippen molar-refractivity contribution < 1.29 is 19.2 Å². The van der Waals surface area contributed by atoms with Crippen molar-refractivity contribution in [2.75, 3.05) is 26.2 Å². The van der Waals surface area contributed by atoms with Gasteiger partial charge in [0.2, 0.25) is 0 Å². The Kier molecular flexibility index (Phi) is 15.4. The van der Waals surface area contributed by atoms with E-state index in [2.05, 4.69) is 52.0 Å². The summed E-state index contributed by atoms with van der Waals surface area (Å²) in [6, 6.07) is 38.0. The van der Waals surface area contributed by atoms with Gasteiger partial charge in [0.1, 0.15) is 5.75 Å². The fourth-order valence-corrected chi connectivity index (χ4v) is 6.95. The van der Waals surface area contributed by atoms with Gasteiger partial charge < -0.3 is 19.2 Å². The molecule has 0 aliphatic rings. The van der Waals surface area contributed by atoms with Gasteiger partial charge in [0.15, 0.2) is 0 Å². The number of nitrogens with zero attached hydrogens (tertiary/aromatic N) is 1. The SMILES string of the molecule is CCCC[N+](CCCC)(CCCC)CCCC.[O-]B(O)Oc1c(-c2ccccc2)c(-c2ccccc2)c(-c2ccccc2)c2ccccc12. The highest BCUT2D eigenvalue weighted by molar-refractivity contribution is 6.32. The van der Waals surface area contributed by atoms with E-state index >= 15 is 0 Å². The predicted octanol–water partition coefficient (Wildman–Crippen LogP) is 10.6. The van der Waals surface area contributed by atoms with Crippen molar-refractivity contribution in [2.45, 2.75) is 79.1 Å². The van der Waals surface area contributed by atoms with E-state index in [-0.39, 0.29) is 0 Å². The Morgan fingerprint density at radius 2 is 0.837 bits per heavy atom. The third kappa shape index (κ3) is 10.3. The Morgan fingerprint density at radius 1 is 0.490 bits per heavy atom. The van der Waals surface area contributed by atoms with Crippen LogP contribution in [0.15, 0.2) is 115 Å². The Hall–Kier alpha value is -3.90. The predicted molar refractivity (Wildman–Crippen MR) is 208 cm³/mol. The van der Waals surface area contributed by atoms with E-state index in [1.165, 1.54) is 82.0 Å². The molecule has 258 valence electrons. The summed E-state index contributed by atoms with van der Waals surface area (Å²) in [7, 11) is -2.19. The van der Waals surface area contributed by atoms with Crippen molar-refractivity contribution in [3.05, 3.63) is 115 Å². The molecule has 0 atom stereocenters. The maximum Gasteiger partial charge on any atom is 0.415 e. The first-order valence-corrected chi connectivity index (χ1v) is 18.6. The van der Waals surface area contributed by atoms with E-state index in [1.54, 1.807) is 0 Å². The molecule has 0 fully saturated rings. The quantitative estimate of drug-likeness (QED) is 0.0800. The first-order chi connectivity index (χ1) is 24.0. The minimum absolute atomic E-state index is 0.382. The molecule has 0 unspecified atom stereocenters. The van der Waals surface area contributed by atoms with E-state index in [9.17, 15) is 10.0 Å². The monoisotopic (exact) mass is 657 g/mol. The lowest BCUT2D eigenvalue weighted by atomic mass is 9.83. The standard InChI is InChI=1S/C28H20BO3.C16H36N/c30-29(31)32-28-24-19-11-10-18-23(24)25(20-12-4-1-5-13-20)26(21-14-6-2-7-15-21)27(28)22-16-8-3-9-17-22;1-5-9-13-17(14-10-6-2,15-11-7-3)16-12-8-4/h1-19,30H;5-16H2,1-4H3/q-1;+1. The van der Waals surface area contributed by atoms with Gasteiger partial charge in [-0.05, 0) is 53.3 Å². The molecule has 0 heterocycles. The van der Waals surface area contributed by atoms with E-state index < -0.39 is 7.32 Å². The molecule has 5 aromatic carbocycles. The van der Waals surface area contributed by atoms with Crippen LogP contribution >= 0.6 is 0 Å². The minimum Gasteiger partial charge on any atom is -0.820 e. The number of benzene rings is 5. The molecular weight excluding hydrogens is 601 g/mol. The molecule has 0 aliphatic heterocycles. The summed E-state index contributed by atoms with van der Waals surface area (Å²) >= 11 is 0. The minimum atomic E-state index is -2.19. The molecule has 0 radical (unpaired) electrons. The number of fused-ring (bicyclic) bond motifs is 1. The van der Waals surface area contributed by atoms with Gasteiger partial charge in [0.05, 0.1) is 26.2 Å². The maximum atomic E-state index is 11.9. The van der Waals surface area contributed by atoms with Crippen LogP contribution in [0.3, 0.4) is 0 Å². The van der Waals surface area contributed by atoms with Gasteiger partial charge in [0, 0.05) is 16.5 Å². The molecule has 0 amide bonds. The fourth-order valence-electron chi connectivity index (χ4n) is 6.95. The van der Waals surface area contributed by atoms with Crippen molar-refractivity contribution >= 4 is 18.1 Å². The number of unbranched alkanes of at least 4 members (excludes halogenated alkanes) is 4. The van der Waals surface area contributed by atoms with Crippen LogP contribution in [0.2, 0.25) is 0 Å². The van der Waals surface area contributed by atoms with Crippen molar-refractivity contribution in [2.24, 2.45) is 0 Å². The summed E-state index contributed by atoms with van der Waals surface area (Å²) in [5.41, 5.74) is 5.76. The van der Waals surface area contributed by atoms with Gasteiger partial charge in [-0.3, -0.25) is 0 Å². The summed E-state index contributed by atoms with van der Waals surface area (Å²) in [5, 5.41) is 23.3. The average molecular weight is 658 g/mol. The van der Waals surface area contributed by atoms with E-state index in [1.807, 2.05) is 91.0 Å². The lowest BCUT2D eigenvalue weighted by Crippen LogP contribution is -2.50. The van der Waals surface area contributed by atoms with Crippen LogP contribution in [-0.4, -0.2) is 43.0 Å². The van der Waals surface area contributed by atoms with Crippen LogP contribution in [0.25, 0.3) is 44.2 Å². The van der Waals surface area contributed by atoms with Crippen molar-refractivity contribution in [3.8, 4) is 39.1 Å².